The van der Waals surface area contributed by atoms with Crippen LogP contribution in [-0.2, 0) is 18.9 Å². The minimum atomic E-state index is 0.292. The van der Waals surface area contributed by atoms with Gasteiger partial charge in [-0.2, -0.15) is 0 Å². The second kappa shape index (κ2) is 9.77. The van der Waals surface area contributed by atoms with Gasteiger partial charge in [-0.3, -0.25) is 0 Å². The largest absolute Gasteiger partial charge is 0.380 e. The number of hydrogen-bond acceptors (Lipinski definition) is 4. The predicted molar refractivity (Wildman–Crippen MR) is 120 cm³/mol. The van der Waals surface area contributed by atoms with Crippen molar-refractivity contribution in [1.82, 2.24) is 0 Å². The van der Waals surface area contributed by atoms with Crippen molar-refractivity contribution in [2.75, 3.05) is 40.6 Å². The lowest BCUT2D eigenvalue weighted by atomic mass is 9.62. The normalized spacial score (nSPS) is 37.6. The minimum absolute atomic E-state index is 0.292. The Morgan fingerprint density at radius 3 is 1.17 bits per heavy atom. The number of ether oxygens (including phenoxy) is 4. The van der Waals surface area contributed by atoms with Crippen LogP contribution in [0.15, 0.2) is 0 Å². The number of hydrogen-bond donors (Lipinski definition) is 0. The van der Waals surface area contributed by atoms with Gasteiger partial charge in [0.1, 0.15) is 0 Å². The van der Waals surface area contributed by atoms with E-state index in [4.69, 9.17) is 18.9 Å². The van der Waals surface area contributed by atoms with Gasteiger partial charge >= 0.3 is 0 Å². The van der Waals surface area contributed by atoms with E-state index in [1.165, 1.54) is 64.2 Å². The van der Waals surface area contributed by atoms with E-state index in [1.807, 2.05) is 14.2 Å². The van der Waals surface area contributed by atoms with Crippen molar-refractivity contribution in [3.05, 3.63) is 0 Å². The Balaban J connectivity index is 1.26. The maximum Gasteiger partial charge on any atom is 0.0699 e. The molecule has 30 heavy (non-hydrogen) atoms. The highest BCUT2D eigenvalue weighted by Gasteiger charge is 2.50. The fourth-order valence-corrected chi connectivity index (χ4v) is 7.59. The summed E-state index contributed by atoms with van der Waals surface area (Å²) in [6, 6.07) is 0. The molecule has 4 aliphatic rings. The Kier molecular flexibility index (Phi) is 7.49. The minimum Gasteiger partial charge on any atom is -0.380 e. The zero-order valence-electron chi connectivity index (χ0n) is 20.0. The van der Waals surface area contributed by atoms with Crippen LogP contribution in [0.2, 0.25) is 0 Å². The molecule has 2 saturated carbocycles. The molecule has 0 aromatic carbocycles. The molecule has 0 amide bonds. The molecule has 0 radical (unpaired) electrons. The second-order valence-corrected chi connectivity index (χ2v) is 11.1. The molecule has 4 heteroatoms. The third-order valence-electron chi connectivity index (χ3n) is 9.84. The quantitative estimate of drug-likeness (QED) is 0.493. The SMILES string of the molecule is CCC1(C(OC)C2CCC(C3CCC(C(OC)C4(CC)COC4)CC3)CC2)COC1. The van der Waals surface area contributed by atoms with E-state index < -0.39 is 0 Å². The molecule has 4 rings (SSSR count). The molecule has 0 bridgehead atoms. The van der Waals surface area contributed by atoms with Crippen LogP contribution in [0.3, 0.4) is 0 Å². The van der Waals surface area contributed by atoms with Crippen LogP contribution in [0.5, 0.6) is 0 Å². The first-order valence-electron chi connectivity index (χ1n) is 12.8. The number of methoxy groups -OCH3 is 2. The predicted octanol–water partition coefficient (Wildman–Crippen LogP) is 5.48. The summed E-state index contributed by atoms with van der Waals surface area (Å²) in [5.41, 5.74) is 0.583. The third kappa shape index (κ3) is 4.11. The Morgan fingerprint density at radius 2 is 0.967 bits per heavy atom. The van der Waals surface area contributed by atoms with Gasteiger partial charge in [0, 0.05) is 25.0 Å². The highest BCUT2D eigenvalue weighted by molar-refractivity contribution is 4.98. The van der Waals surface area contributed by atoms with Crippen molar-refractivity contribution < 1.29 is 18.9 Å². The summed E-state index contributed by atoms with van der Waals surface area (Å²) in [6.45, 7) is 8.22. The first-order chi connectivity index (χ1) is 14.6. The average molecular weight is 423 g/mol. The van der Waals surface area contributed by atoms with Gasteiger partial charge in [0.15, 0.2) is 0 Å². The van der Waals surface area contributed by atoms with Gasteiger partial charge in [0.2, 0.25) is 0 Å². The third-order valence-corrected chi connectivity index (χ3v) is 9.84. The topological polar surface area (TPSA) is 36.9 Å². The van der Waals surface area contributed by atoms with Crippen LogP contribution in [0.25, 0.3) is 0 Å². The van der Waals surface area contributed by atoms with Gasteiger partial charge in [0.25, 0.3) is 0 Å². The van der Waals surface area contributed by atoms with Gasteiger partial charge in [-0.25, -0.2) is 0 Å². The molecule has 2 heterocycles. The fourth-order valence-electron chi connectivity index (χ4n) is 7.59. The molecular formula is C26H46O4. The molecule has 2 aliphatic heterocycles. The van der Waals surface area contributed by atoms with Crippen LogP contribution < -0.4 is 0 Å². The first kappa shape index (κ1) is 23.0. The van der Waals surface area contributed by atoms with Gasteiger partial charge in [0.05, 0.1) is 38.6 Å². The molecule has 174 valence electrons. The monoisotopic (exact) mass is 422 g/mol. The molecule has 0 aromatic rings. The summed E-state index contributed by atoms with van der Waals surface area (Å²) >= 11 is 0. The smallest absolute Gasteiger partial charge is 0.0699 e. The Hall–Kier alpha value is -0.160. The molecule has 2 unspecified atom stereocenters. The first-order valence-corrected chi connectivity index (χ1v) is 12.8. The van der Waals surface area contributed by atoms with Crippen LogP contribution in [0.4, 0.5) is 0 Å². The van der Waals surface area contributed by atoms with Gasteiger partial charge in [-0.15, -0.1) is 0 Å². The van der Waals surface area contributed by atoms with Gasteiger partial charge in [-0.05, 0) is 87.9 Å². The van der Waals surface area contributed by atoms with Crippen molar-refractivity contribution >= 4 is 0 Å². The van der Waals surface area contributed by atoms with Gasteiger partial charge in [-0.1, -0.05) is 13.8 Å². The fraction of sp³-hybridized carbons (Fsp3) is 1.00. The van der Waals surface area contributed by atoms with Gasteiger partial charge < -0.3 is 18.9 Å². The highest BCUT2D eigenvalue weighted by Crippen LogP contribution is 2.49. The van der Waals surface area contributed by atoms with E-state index in [0.29, 0.717) is 23.0 Å². The molecule has 0 aromatic heterocycles. The molecule has 0 N–H and O–H groups in total. The lowest BCUT2D eigenvalue weighted by Crippen LogP contribution is -2.55. The molecule has 2 saturated heterocycles. The summed E-state index contributed by atoms with van der Waals surface area (Å²) in [5.74, 6) is 3.32. The summed E-state index contributed by atoms with van der Waals surface area (Å²) in [5, 5.41) is 0. The van der Waals surface area contributed by atoms with E-state index in [1.54, 1.807) is 0 Å². The summed E-state index contributed by atoms with van der Waals surface area (Å²) in [7, 11) is 3.85. The van der Waals surface area contributed by atoms with Crippen molar-refractivity contribution in [3.63, 3.8) is 0 Å². The van der Waals surface area contributed by atoms with Crippen LogP contribution >= 0.6 is 0 Å². The number of rotatable bonds is 9. The molecule has 4 nitrogen and oxygen atoms in total. The van der Waals surface area contributed by atoms with Crippen LogP contribution in [-0.4, -0.2) is 52.9 Å². The Labute approximate surface area is 184 Å². The Morgan fingerprint density at radius 1 is 0.633 bits per heavy atom. The maximum absolute atomic E-state index is 6.08. The molecule has 2 aliphatic carbocycles. The Bertz CT molecular complexity index is 466. The lowest BCUT2D eigenvalue weighted by Gasteiger charge is -2.51. The molecule has 2 atom stereocenters. The zero-order valence-corrected chi connectivity index (χ0v) is 20.0. The molecule has 4 fully saturated rings. The lowest BCUT2D eigenvalue weighted by molar-refractivity contribution is -0.202. The second-order valence-electron chi connectivity index (χ2n) is 11.1. The molecule has 0 spiro atoms. The summed E-state index contributed by atoms with van der Waals surface area (Å²) in [4.78, 5) is 0. The van der Waals surface area contributed by atoms with E-state index in [0.717, 1.165) is 50.1 Å². The summed E-state index contributed by atoms with van der Waals surface area (Å²) < 4.78 is 23.4. The van der Waals surface area contributed by atoms with Crippen LogP contribution in [0.1, 0.15) is 78.1 Å². The van der Waals surface area contributed by atoms with Crippen molar-refractivity contribution in [3.8, 4) is 0 Å². The van der Waals surface area contributed by atoms with Crippen LogP contribution in [0, 0.1) is 34.5 Å². The molecular weight excluding hydrogens is 376 g/mol. The van der Waals surface area contributed by atoms with E-state index in [9.17, 15) is 0 Å². The van der Waals surface area contributed by atoms with Crippen molar-refractivity contribution in [2.24, 2.45) is 34.5 Å². The van der Waals surface area contributed by atoms with E-state index in [2.05, 4.69) is 13.8 Å². The highest BCUT2D eigenvalue weighted by atomic mass is 16.5. The maximum atomic E-state index is 6.08. The summed E-state index contributed by atoms with van der Waals surface area (Å²) in [6.07, 6.45) is 14.2. The zero-order chi connectivity index (χ0) is 21.2. The average Bonchev–Trinajstić information content (AvgIpc) is 2.73. The standard InChI is InChI=1S/C26H46O4/c1-5-25(15-29-16-25)23(27-3)21-11-7-19(8-12-21)20-9-13-22(14-10-20)24(28-4)26(6-2)17-30-18-26/h19-24H,5-18H2,1-4H3. The van der Waals surface area contributed by atoms with E-state index >= 15 is 0 Å². The van der Waals surface area contributed by atoms with Crippen molar-refractivity contribution in [2.45, 2.75) is 90.3 Å². The van der Waals surface area contributed by atoms with Crippen molar-refractivity contribution in [1.29, 1.82) is 0 Å². The van der Waals surface area contributed by atoms with E-state index in [-0.39, 0.29) is 0 Å².